The van der Waals surface area contributed by atoms with Crippen LogP contribution in [0.25, 0.3) is 21.6 Å². The van der Waals surface area contributed by atoms with Gasteiger partial charge >= 0.3 is 0 Å². The number of aromatic nitrogens is 3. The summed E-state index contributed by atoms with van der Waals surface area (Å²) in [5.74, 6) is -0.239. The molecule has 4 aromatic rings. The van der Waals surface area contributed by atoms with Crippen LogP contribution in [0.4, 0.5) is 5.69 Å². The number of carbonyl (C=O) groups is 1. The summed E-state index contributed by atoms with van der Waals surface area (Å²) in [5, 5.41) is 5.44. The maximum Gasteiger partial charge on any atom is 0.275 e. The number of thiazole rings is 1. The normalized spacial score (nSPS) is 10.7. The van der Waals surface area contributed by atoms with E-state index in [1.165, 1.54) is 11.3 Å². The number of fused-ring (bicyclic) bond motifs is 1. The van der Waals surface area contributed by atoms with Crippen molar-refractivity contribution in [3.63, 3.8) is 0 Å². The summed E-state index contributed by atoms with van der Waals surface area (Å²) in [4.78, 5) is 25.3. The molecule has 0 unspecified atom stereocenters. The van der Waals surface area contributed by atoms with Crippen LogP contribution in [0.3, 0.4) is 0 Å². The average molecular weight is 332 g/mol. The van der Waals surface area contributed by atoms with Crippen LogP contribution in [0.2, 0.25) is 0 Å². The molecule has 0 spiro atoms. The van der Waals surface area contributed by atoms with E-state index in [1.54, 1.807) is 29.9 Å². The lowest BCUT2D eigenvalue weighted by Gasteiger charge is -2.04. The Morgan fingerprint density at radius 2 is 1.75 bits per heavy atom. The van der Waals surface area contributed by atoms with Gasteiger partial charge in [0.2, 0.25) is 0 Å². The van der Waals surface area contributed by atoms with E-state index in [9.17, 15) is 4.79 Å². The largest absolute Gasteiger partial charge is 0.321 e. The maximum absolute atomic E-state index is 12.4. The highest BCUT2D eigenvalue weighted by Gasteiger charge is 2.12. The van der Waals surface area contributed by atoms with Gasteiger partial charge in [-0.05, 0) is 18.2 Å². The third-order valence-corrected chi connectivity index (χ3v) is 4.38. The van der Waals surface area contributed by atoms with Gasteiger partial charge in [-0.2, -0.15) is 0 Å². The zero-order chi connectivity index (χ0) is 16.4. The van der Waals surface area contributed by atoms with Gasteiger partial charge in [-0.1, -0.05) is 30.3 Å². The minimum atomic E-state index is -0.239. The van der Waals surface area contributed by atoms with Crippen LogP contribution < -0.4 is 5.32 Å². The Labute approximate surface area is 142 Å². The van der Waals surface area contributed by atoms with Gasteiger partial charge in [-0.15, -0.1) is 11.3 Å². The van der Waals surface area contributed by atoms with Gasteiger partial charge in [0.15, 0.2) is 0 Å². The Balaban J connectivity index is 1.56. The van der Waals surface area contributed by atoms with Crippen molar-refractivity contribution in [3.05, 3.63) is 72.0 Å². The van der Waals surface area contributed by atoms with E-state index in [1.807, 2.05) is 36.4 Å². The number of hydrogen-bond donors (Lipinski definition) is 1. The van der Waals surface area contributed by atoms with Crippen molar-refractivity contribution in [2.24, 2.45) is 0 Å². The van der Waals surface area contributed by atoms with Crippen molar-refractivity contribution < 1.29 is 4.79 Å². The summed E-state index contributed by atoms with van der Waals surface area (Å²) in [6.45, 7) is 0. The lowest BCUT2D eigenvalue weighted by molar-refractivity contribution is 0.102. The number of carbonyl (C=O) groups excluding carboxylic acids is 1. The summed E-state index contributed by atoms with van der Waals surface area (Å²) < 4.78 is 0. The van der Waals surface area contributed by atoms with Gasteiger partial charge in [-0.3, -0.25) is 14.8 Å². The van der Waals surface area contributed by atoms with Crippen LogP contribution in [0.15, 0.2) is 66.3 Å². The number of amides is 1. The quantitative estimate of drug-likeness (QED) is 0.615. The van der Waals surface area contributed by atoms with Crippen molar-refractivity contribution in [1.82, 2.24) is 15.0 Å². The van der Waals surface area contributed by atoms with Crippen LogP contribution in [0, 0.1) is 0 Å². The van der Waals surface area contributed by atoms with Gasteiger partial charge in [0.05, 0.1) is 11.0 Å². The Kier molecular flexibility index (Phi) is 3.72. The van der Waals surface area contributed by atoms with Gasteiger partial charge in [0, 0.05) is 29.0 Å². The molecule has 2 aromatic heterocycles. The Hall–Kier alpha value is -3.12. The number of rotatable bonds is 3. The molecule has 0 saturated carbocycles. The molecule has 5 nitrogen and oxygen atoms in total. The molecule has 24 heavy (non-hydrogen) atoms. The molecule has 1 amide bonds. The molecular weight excluding hydrogens is 320 g/mol. The van der Waals surface area contributed by atoms with Crippen LogP contribution in [0.1, 0.15) is 10.5 Å². The highest BCUT2D eigenvalue weighted by molar-refractivity contribution is 7.13. The number of nitrogens with one attached hydrogen (secondary N) is 1. The summed E-state index contributed by atoms with van der Waals surface area (Å²) in [6.07, 6.45) is 3.27. The first-order chi connectivity index (χ1) is 11.8. The topological polar surface area (TPSA) is 67.8 Å². The molecule has 4 rings (SSSR count). The van der Waals surface area contributed by atoms with Gasteiger partial charge in [0.25, 0.3) is 5.91 Å². The standard InChI is InChI=1S/C18H12N4OS/c23-17(16-11-24-18(22-16)12-4-2-1-3-5-12)21-13-6-7-14-15(10-13)20-9-8-19-14/h1-11H,(H,21,23). The molecule has 2 heterocycles. The fourth-order valence-electron chi connectivity index (χ4n) is 2.33. The van der Waals surface area contributed by atoms with E-state index >= 15 is 0 Å². The first-order valence-electron chi connectivity index (χ1n) is 7.33. The molecule has 0 atom stereocenters. The summed E-state index contributed by atoms with van der Waals surface area (Å²) >= 11 is 1.45. The lowest BCUT2D eigenvalue weighted by Crippen LogP contribution is -2.12. The molecule has 0 fully saturated rings. The molecule has 0 aliphatic rings. The van der Waals surface area contributed by atoms with Crippen LogP contribution in [-0.2, 0) is 0 Å². The van der Waals surface area contributed by atoms with Crippen LogP contribution in [0.5, 0.6) is 0 Å². The minimum Gasteiger partial charge on any atom is -0.321 e. The van der Waals surface area contributed by atoms with Gasteiger partial charge in [-0.25, -0.2) is 4.98 Å². The first-order valence-corrected chi connectivity index (χ1v) is 8.21. The van der Waals surface area contributed by atoms with Crippen LogP contribution >= 0.6 is 11.3 Å². The number of anilines is 1. The predicted octanol–water partition coefficient (Wildman–Crippen LogP) is 4.01. The van der Waals surface area contributed by atoms with E-state index in [2.05, 4.69) is 20.3 Å². The van der Waals surface area contributed by atoms with Crippen LogP contribution in [-0.4, -0.2) is 20.9 Å². The molecule has 0 saturated heterocycles. The van der Waals surface area contributed by atoms with Gasteiger partial charge < -0.3 is 5.32 Å². The number of hydrogen-bond acceptors (Lipinski definition) is 5. The Bertz CT molecular complexity index is 1010. The highest BCUT2D eigenvalue weighted by atomic mass is 32.1. The zero-order valence-corrected chi connectivity index (χ0v) is 13.3. The van der Waals surface area contributed by atoms with E-state index < -0.39 is 0 Å². The second kappa shape index (κ2) is 6.17. The fourth-order valence-corrected chi connectivity index (χ4v) is 3.13. The third-order valence-electron chi connectivity index (χ3n) is 3.48. The molecule has 6 heteroatoms. The van der Waals surface area contributed by atoms with E-state index in [4.69, 9.17) is 0 Å². The lowest BCUT2D eigenvalue weighted by atomic mass is 10.2. The van der Waals surface area contributed by atoms with Crippen molar-refractivity contribution >= 4 is 34.0 Å². The molecule has 0 aliphatic heterocycles. The Morgan fingerprint density at radius 1 is 0.958 bits per heavy atom. The second-order valence-electron chi connectivity index (χ2n) is 5.12. The van der Waals surface area contributed by atoms with Crippen molar-refractivity contribution in [3.8, 4) is 10.6 Å². The molecule has 1 N–H and O–H groups in total. The highest BCUT2D eigenvalue weighted by Crippen LogP contribution is 2.24. The van der Waals surface area contributed by atoms with E-state index in [0.29, 0.717) is 11.4 Å². The smallest absolute Gasteiger partial charge is 0.275 e. The van der Waals surface area contributed by atoms with Gasteiger partial charge in [0.1, 0.15) is 10.7 Å². The zero-order valence-electron chi connectivity index (χ0n) is 12.5. The minimum absolute atomic E-state index is 0.239. The number of benzene rings is 2. The van der Waals surface area contributed by atoms with Crippen molar-refractivity contribution in [2.45, 2.75) is 0 Å². The molecule has 0 radical (unpaired) electrons. The monoisotopic (exact) mass is 332 g/mol. The Morgan fingerprint density at radius 3 is 2.58 bits per heavy atom. The molecule has 2 aromatic carbocycles. The van der Waals surface area contributed by atoms with E-state index in [0.717, 1.165) is 21.6 Å². The summed E-state index contributed by atoms with van der Waals surface area (Å²) in [6, 6.07) is 15.2. The second-order valence-corrected chi connectivity index (χ2v) is 5.98. The molecule has 0 bridgehead atoms. The predicted molar refractivity (Wildman–Crippen MR) is 95.0 cm³/mol. The summed E-state index contributed by atoms with van der Waals surface area (Å²) in [7, 11) is 0. The summed E-state index contributed by atoms with van der Waals surface area (Å²) in [5.41, 5.74) is 3.59. The van der Waals surface area contributed by atoms with Crippen molar-refractivity contribution in [2.75, 3.05) is 5.32 Å². The third kappa shape index (κ3) is 2.87. The SMILES string of the molecule is O=C(Nc1ccc2nccnc2c1)c1csc(-c2ccccc2)n1. The maximum atomic E-state index is 12.4. The van der Waals surface area contributed by atoms with Crippen molar-refractivity contribution in [1.29, 1.82) is 0 Å². The van der Waals surface area contributed by atoms with E-state index in [-0.39, 0.29) is 5.91 Å². The molecule has 0 aliphatic carbocycles. The number of nitrogens with zero attached hydrogens (tertiary/aromatic N) is 3. The first kappa shape index (κ1) is 14.5. The molecule has 116 valence electrons. The molecular formula is C18H12N4OS. The fraction of sp³-hybridized carbons (Fsp3) is 0. The average Bonchev–Trinajstić information content (AvgIpc) is 3.13.